The van der Waals surface area contributed by atoms with E-state index in [1.807, 2.05) is 0 Å². The Morgan fingerprint density at radius 2 is 1.30 bits per heavy atom. The summed E-state index contributed by atoms with van der Waals surface area (Å²) in [6, 6.07) is 2.32. The highest BCUT2D eigenvalue weighted by Gasteiger charge is 2.74. The maximum absolute atomic E-state index is 15.0. The van der Waals surface area contributed by atoms with E-state index in [9.17, 15) is 62.6 Å². The van der Waals surface area contributed by atoms with Crippen LogP contribution in [0.3, 0.4) is 0 Å². The van der Waals surface area contributed by atoms with Crippen molar-refractivity contribution in [2.75, 3.05) is 6.54 Å². The van der Waals surface area contributed by atoms with Gasteiger partial charge in [-0.05, 0) is 80.3 Å². The number of likely N-dealkylation sites (tertiary alicyclic amines) is 1. The minimum Gasteiger partial charge on any atom is -0.481 e. The molecule has 2 atom stereocenters. The number of halogens is 10. The molecule has 0 radical (unpaired) electrons. The van der Waals surface area contributed by atoms with E-state index in [4.69, 9.17) is 0 Å². The van der Waals surface area contributed by atoms with E-state index >= 15 is 4.39 Å². The number of carboxylic acids is 1. The van der Waals surface area contributed by atoms with Crippen molar-refractivity contribution in [3.05, 3.63) is 64.7 Å². The molecule has 5 rings (SSSR count). The molecular formula is C30H27F10NO5S. The Hall–Kier alpha value is -3.37. The van der Waals surface area contributed by atoms with Crippen molar-refractivity contribution in [2.24, 2.45) is 11.8 Å². The monoisotopic (exact) mass is 703 g/mol. The molecule has 1 saturated heterocycles. The summed E-state index contributed by atoms with van der Waals surface area (Å²) in [5.41, 5.74) is -9.43. The summed E-state index contributed by atoms with van der Waals surface area (Å²) in [4.78, 5) is 25.8. The van der Waals surface area contributed by atoms with Crippen LogP contribution in [0.5, 0.6) is 0 Å². The number of benzene rings is 2. The van der Waals surface area contributed by atoms with Gasteiger partial charge in [-0.2, -0.15) is 39.5 Å². The fourth-order valence-electron chi connectivity index (χ4n) is 7.35. The quantitative estimate of drug-likeness (QED) is 0.336. The van der Waals surface area contributed by atoms with Gasteiger partial charge in [-0.25, -0.2) is 12.8 Å². The van der Waals surface area contributed by atoms with Crippen LogP contribution in [0.2, 0.25) is 0 Å². The molecule has 47 heavy (non-hydrogen) atoms. The molecule has 0 bridgehead atoms. The van der Waals surface area contributed by atoms with Crippen molar-refractivity contribution in [1.29, 1.82) is 0 Å². The third kappa shape index (κ3) is 5.45. The number of carbonyl (C=O) groups excluding carboxylic acids is 1. The summed E-state index contributed by atoms with van der Waals surface area (Å²) < 4.78 is 163. The van der Waals surface area contributed by atoms with Crippen molar-refractivity contribution in [2.45, 2.75) is 84.8 Å². The lowest BCUT2D eigenvalue weighted by Gasteiger charge is -2.44. The third-order valence-corrected chi connectivity index (χ3v) is 12.3. The van der Waals surface area contributed by atoms with Crippen molar-refractivity contribution in [3.63, 3.8) is 0 Å². The maximum Gasteiger partial charge on any atom is 0.435 e. The molecule has 2 aliphatic carbocycles. The number of hydrogen-bond acceptors (Lipinski definition) is 4. The first-order valence-corrected chi connectivity index (χ1v) is 16.0. The number of rotatable bonds is 5. The Labute approximate surface area is 261 Å². The largest absolute Gasteiger partial charge is 0.481 e. The smallest absolute Gasteiger partial charge is 0.435 e. The standard InChI is InChI=1S/C30H27F10NO5S/c31-27(29(35,36)37,30(38,39)40)20-8-11-22-18(15-20)5-12-23-26(22,47(45,46)21-9-6-19(7-10-21)28(32,33)34)13-14-41(23)24(42)16-1-3-17(4-2-16)25(43)44/h6-11,15-17,23H,1-5,12-14H2,(H,43,44)/t16-,17-,23?,26?. The van der Waals surface area contributed by atoms with E-state index in [1.54, 1.807) is 0 Å². The zero-order valence-electron chi connectivity index (χ0n) is 24.1. The van der Waals surface area contributed by atoms with Crippen molar-refractivity contribution in [3.8, 4) is 0 Å². The van der Waals surface area contributed by atoms with E-state index in [0.717, 1.165) is 0 Å². The van der Waals surface area contributed by atoms with Gasteiger partial charge in [-0.15, -0.1) is 0 Å². The Morgan fingerprint density at radius 1 is 0.766 bits per heavy atom. The van der Waals surface area contributed by atoms with Gasteiger partial charge >= 0.3 is 30.2 Å². The molecular weight excluding hydrogens is 676 g/mol. The van der Waals surface area contributed by atoms with Gasteiger partial charge < -0.3 is 10.0 Å². The number of carbonyl (C=O) groups is 2. The second-order valence-electron chi connectivity index (χ2n) is 12.2. The van der Waals surface area contributed by atoms with Gasteiger partial charge in [0.25, 0.3) is 0 Å². The third-order valence-electron chi connectivity index (χ3n) is 9.75. The van der Waals surface area contributed by atoms with E-state index in [-0.39, 0.29) is 62.3 Å². The maximum atomic E-state index is 15.0. The minimum atomic E-state index is -6.43. The molecule has 2 unspecified atom stereocenters. The summed E-state index contributed by atoms with van der Waals surface area (Å²) in [5, 5.41) is 9.30. The molecule has 1 aliphatic heterocycles. The van der Waals surface area contributed by atoms with Crippen LogP contribution >= 0.6 is 0 Å². The molecule has 2 fully saturated rings. The zero-order valence-corrected chi connectivity index (χ0v) is 25.0. The first-order chi connectivity index (χ1) is 21.6. The average Bonchev–Trinajstić information content (AvgIpc) is 3.40. The predicted molar refractivity (Wildman–Crippen MR) is 143 cm³/mol. The number of sulfone groups is 1. The molecule has 1 N–H and O–H groups in total. The van der Waals surface area contributed by atoms with E-state index < -0.39 is 91.0 Å². The summed E-state index contributed by atoms with van der Waals surface area (Å²) in [5.74, 6) is -2.91. The average molecular weight is 704 g/mol. The molecule has 17 heteroatoms. The predicted octanol–water partition coefficient (Wildman–Crippen LogP) is 7.10. The lowest BCUT2D eigenvalue weighted by atomic mass is 9.76. The van der Waals surface area contributed by atoms with Crippen LogP contribution in [0.25, 0.3) is 0 Å². The van der Waals surface area contributed by atoms with Gasteiger partial charge in [0.05, 0.1) is 22.4 Å². The Morgan fingerprint density at radius 3 is 1.81 bits per heavy atom. The van der Waals surface area contributed by atoms with Gasteiger partial charge in [0.2, 0.25) is 5.91 Å². The minimum absolute atomic E-state index is 0.172. The van der Waals surface area contributed by atoms with Gasteiger partial charge in [-0.1, -0.05) is 18.2 Å². The summed E-state index contributed by atoms with van der Waals surface area (Å²) in [6.07, 6.45) is -18.1. The van der Waals surface area contributed by atoms with Gasteiger partial charge in [0.1, 0.15) is 4.75 Å². The second kappa shape index (κ2) is 11.4. The molecule has 1 heterocycles. The summed E-state index contributed by atoms with van der Waals surface area (Å²) in [7, 11) is -4.84. The summed E-state index contributed by atoms with van der Waals surface area (Å²) >= 11 is 0. The van der Waals surface area contributed by atoms with E-state index in [0.29, 0.717) is 36.4 Å². The van der Waals surface area contributed by atoms with Crippen LogP contribution in [0.15, 0.2) is 47.4 Å². The fraction of sp³-hybridized carbons (Fsp3) is 0.533. The fourth-order valence-corrected chi connectivity index (χ4v) is 9.72. The molecule has 2 aromatic rings. The second-order valence-corrected chi connectivity index (χ2v) is 14.4. The van der Waals surface area contributed by atoms with Gasteiger partial charge in [0.15, 0.2) is 9.84 Å². The van der Waals surface area contributed by atoms with E-state index in [1.165, 1.54) is 4.90 Å². The molecule has 0 aromatic heterocycles. The molecule has 2 aromatic carbocycles. The van der Waals surface area contributed by atoms with Crippen LogP contribution < -0.4 is 0 Å². The number of aliphatic carboxylic acids is 1. The normalized spacial score (nSPS) is 25.7. The van der Waals surface area contributed by atoms with Crippen LogP contribution in [-0.4, -0.2) is 55.2 Å². The number of alkyl halides is 10. The van der Waals surface area contributed by atoms with Gasteiger partial charge in [0, 0.05) is 18.0 Å². The molecule has 1 amide bonds. The molecule has 0 spiro atoms. The first-order valence-electron chi connectivity index (χ1n) is 14.5. The highest BCUT2D eigenvalue weighted by Crippen LogP contribution is 2.57. The Kier molecular flexibility index (Phi) is 8.45. The topological polar surface area (TPSA) is 91.8 Å². The van der Waals surface area contributed by atoms with Crippen molar-refractivity contribution < 1.29 is 67.0 Å². The molecule has 258 valence electrons. The lowest BCUT2D eigenvalue weighted by molar-refractivity contribution is -0.348. The zero-order chi connectivity index (χ0) is 35.0. The van der Waals surface area contributed by atoms with E-state index in [2.05, 4.69) is 0 Å². The van der Waals surface area contributed by atoms with Crippen LogP contribution in [0.1, 0.15) is 60.8 Å². The van der Waals surface area contributed by atoms with Crippen molar-refractivity contribution in [1.82, 2.24) is 4.90 Å². The lowest BCUT2D eigenvalue weighted by Crippen LogP contribution is -2.53. The Balaban J connectivity index is 1.63. The van der Waals surface area contributed by atoms with Crippen LogP contribution in [0.4, 0.5) is 43.9 Å². The number of hydrogen-bond donors (Lipinski definition) is 1. The van der Waals surface area contributed by atoms with Crippen LogP contribution in [0, 0.1) is 11.8 Å². The number of nitrogens with zero attached hydrogens (tertiary/aromatic N) is 1. The van der Waals surface area contributed by atoms with Crippen LogP contribution in [-0.2, 0) is 42.4 Å². The molecule has 1 saturated carbocycles. The number of fused-ring (bicyclic) bond motifs is 3. The van der Waals surface area contributed by atoms with Crippen molar-refractivity contribution >= 4 is 21.7 Å². The Bertz CT molecular complexity index is 1650. The molecule has 6 nitrogen and oxygen atoms in total. The molecule has 3 aliphatic rings. The van der Waals surface area contributed by atoms with Gasteiger partial charge in [-0.3, -0.25) is 9.59 Å². The number of aryl methyl sites for hydroxylation is 1. The highest BCUT2D eigenvalue weighted by atomic mass is 32.2. The highest BCUT2D eigenvalue weighted by molar-refractivity contribution is 7.92. The summed E-state index contributed by atoms with van der Waals surface area (Å²) in [6.45, 7) is -0.235. The SMILES string of the molecule is O=C(O)[C@H]1CC[C@H](C(=O)N2CCC3(S(=O)(=O)c4ccc(C(F)(F)F)cc4)c4ccc(C(F)(C(F)(F)F)C(F)(F)F)cc4CCC23)CC1. The number of carboxylic acid groups (broad SMARTS) is 1. The first kappa shape index (κ1) is 35.0. The number of amides is 1.